The average molecular weight is 246 g/mol. The van der Waals surface area contributed by atoms with Crippen molar-refractivity contribution >= 4 is 0 Å². The van der Waals surface area contributed by atoms with Gasteiger partial charge in [0.2, 0.25) is 5.79 Å². The lowest BCUT2D eigenvalue weighted by atomic mass is 10.2. The SMILES string of the molecule is CC(O)[C@@H](/C=C1/COC(C)(C)O1)OC(C)(C)O. The molecule has 5 nitrogen and oxygen atoms in total. The van der Waals surface area contributed by atoms with Gasteiger partial charge in [0, 0.05) is 13.8 Å². The van der Waals surface area contributed by atoms with Crippen LogP contribution in [0.3, 0.4) is 0 Å². The van der Waals surface area contributed by atoms with Gasteiger partial charge in [0.1, 0.15) is 18.5 Å². The van der Waals surface area contributed by atoms with Gasteiger partial charge in [-0.05, 0) is 26.8 Å². The van der Waals surface area contributed by atoms with E-state index < -0.39 is 23.8 Å². The van der Waals surface area contributed by atoms with Crippen molar-refractivity contribution in [2.45, 2.75) is 58.4 Å². The zero-order valence-corrected chi connectivity index (χ0v) is 11.1. The van der Waals surface area contributed by atoms with Gasteiger partial charge in [-0.3, -0.25) is 0 Å². The highest BCUT2D eigenvalue weighted by atomic mass is 16.7. The molecule has 0 aromatic heterocycles. The second-order valence-corrected chi connectivity index (χ2v) is 5.19. The Morgan fingerprint density at radius 1 is 1.47 bits per heavy atom. The summed E-state index contributed by atoms with van der Waals surface area (Å²) in [5, 5.41) is 19.2. The fourth-order valence-electron chi connectivity index (χ4n) is 1.49. The molecule has 0 saturated carbocycles. The Kier molecular flexibility index (Phi) is 4.19. The smallest absolute Gasteiger partial charge is 0.204 e. The van der Waals surface area contributed by atoms with E-state index in [1.54, 1.807) is 13.0 Å². The van der Waals surface area contributed by atoms with Crippen LogP contribution in [0.15, 0.2) is 11.8 Å². The van der Waals surface area contributed by atoms with Gasteiger partial charge in [-0.2, -0.15) is 0 Å². The van der Waals surface area contributed by atoms with Gasteiger partial charge >= 0.3 is 0 Å². The predicted molar refractivity (Wildman–Crippen MR) is 62.1 cm³/mol. The first-order valence-electron chi connectivity index (χ1n) is 5.71. The van der Waals surface area contributed by atoms with E-state index in [1.165, 1.54) is 13.8 Å². The maximum absolute atomic E-state index is 9.59. The van der Waals surface area contributed by atoms with E-state index in [9.17, 15) is 10.2 Å². The summed E-state index contributed by atoms with van der Waals surface area (Å²) < 4.78 is 16.2. The first kappa shape index (κ1) is 14.4. The maximum atomic E-state index is 9.59. The minimum Gasteiger partial charge on any atom is -0.465 e. The third-order valence-corrected chi connectivity index (χ3v) is 2.19. The van der Waals surface area contributed by atoms with Crippen molar-refractivity contribution in [1.82, 2.24) is 0 Å². The number of ether oxygens (including phenoxy) is 3. The number of aliphatic hydroxyl groups is 2. The van der Waals surface area contributed by atoms with E-state index in [1.807, 2.05) is 13.8 Å². The molecule has 1 fully saturated rings. The summed E-state index contributed by atoms with van der Waals surface area (Å²) in [5.41, 5.74) is 0. The lowest BCUT2D eigenvalue weighted by Gasteiger charge is -2.26. The lowest BCUT2D eigenvalue weighted by molar-refractivity contribution is -0.211. The molecular weight excluding hydrogens is 224 g/mol. The van der Waals surface area contributed by atoms with Crippen molar-refractivity contribution in [3.05, 3.63) is 11.8 Å². The van der Waals surface area contributed by atoms with Crippen molar-refractivity contribution in [2.24, 2.45) is 0 Å². The van der Waals surface area contributed by atoms with Crippen LogP contribution in [-0.2, 0) is 14.2 Å². The number of hydrogen-bond donors (Lipinski definition) is 2. The van der Waals surface area contributed by atoms with E-state index in [0.29, 0.717) is 12.4 Å². The van der Waals surface area contributed by atoms with Crippen molar-refractivity contribution in [1.29, 1.82) is 0 Å². The van der Waals surface area contributed by atoms with Crippen LogP contribution >= 0.6 is 0 Å². The molecule has 5 heteroatoms. The van der Waals surface area contributed by atoms with Gasteiger partial charge in [-0.1, -0.05) is 0 Å². The molecule has 0 radical (unpaired) electrons. The second-order valence-electron chi connectivity index (χ2n) is 5.19. The van der Waals surface area contributed by atoms with Crippen LogP contribution in [0.25, 0.3) is 0 Å². The Morgan fingerprint density at radius 2 is 2.06 bits per heavy atom. The highest BCUT2D eigenvalue weighted by Crippen LogP contribution is 2.26. The van der Waals surface area contributed by atoms with Crippen LogP contribution in [0, 0.1) is 0 Å². The first-order chi connectivity index (χ1) is 7.59. The van der Waals surface area contributed by atoms with Gasteiger partial charge in [0.25, 0.3) is 0 Å². The molecule has 0 bridgehead atoms. The summed E-state index contributed by atoms with van der Waals surface area (Å²) >= 11 is 0. The van der Waals surface area contributed by atoms with Crippen molar-refractivity contribution in [2.75, 3.05) is 6.61 Å². The summed E-state index contributed by atoms with van der Waals surface area (Å²) in [5.74, 6) is -1.36. The molecular formula is C12H22O5. The zero-order valence-electron chi connectivity index (χ0n) is 11.1. The van der Waals surface area contributed by atoms with Gasteiger partial charge in [0.15, 0.2) is 5.79 Å². The van der Waals surface area contributed by atoms with Crippen LogP contribution in [-0.4, -0.2) is 40.6 Å². The normalized spacial score (nSPS) is 25.7. The largest absolute Gasteiger partial charge is 0.465 e. The van der Waals surface area contributed by atoms with Crippen molar-refractivity contribution in [3.63, 3.8) is 0 Å². The Balaban J connectivity index is 2.71. The summed E-state index contributed by atoms with van der Waals surface area (Å²) in [7, 11) is 0. The van der Waals surface area contributed by atoms with Gasteiger partial charge in [0.05, 0.1) is 6.10 Å². The Hall–Kier alpha value is -0.620. The molecule has 1 aliphatic heterocycles. The summed E-state index contributed by atoms with van der Waals surface area (Å²) in [6.07, 6.45) is 0.251. The molecule has 1 saturated heterocycles. The van der Waals surface area contributed by atoms with E-state index in [2.05, 4.69) is 0 Å². The predicted octanol–water partition coefficient (Wildman–Crippen LogP) is 1.15. The summed E-state index contributed by atoms with van der Waals surface area (Å²) in [6.45, 7) is 8.57. The minimum absolute atomic E-state index is 0.339. The average Bonchev–Trinajstić information content (AvgIpc) is 2.41. The molecule has 0 aromatic rings. The molecule has 0 aliphatic carbocycles. The number of hydrogen-bond acceptors (Lipinski definition) is 5. The van der Waals surface area contributed by atoms with E-state index in [-0.39, 0.29) is 0 Å². The maximum Gasteiger partial charge on any atom is 0.204 e. The van der Waals surface area contributed by atoms with Crippen LogP contribution in [0.4, 0.5) is 0 Å². The first-order valence-corrected chi connectivity index (χ1v) is 5.71. The molecule has 1 unspecified atom stereocenters. The third-order valence-electron chi connectivity index (χ3n) is 2.19. The van der Waals surface area contributed by atoms with Crippen LogP contribution in [0.5, 0.6) is 0 Å². The third kappa shape index (κ3) is 5.04. The summed E-state index contributed by atoms with van der Waals surface area (Å²) in [6, 6.07) is 0. The molecule has 17 heavy (non-hydrogen) atoms. The molecule has 1 heterocycles. The Labute approximate surface area is 102 Å². The van der Waals surface area contributed by atoms with Crippen LogP contribution in [0.2, 0.25) is 0 Å². The molecule has 0 spiro atoms. The van der Waals surface area contributed by atoms with Crippen LogP contribution in [0.1, 0.15) is 34.6 Å². The number of aliphatic hydroxyl groups excluding tert-OH is 1. The summed E-state index contributed by atoms with van der Waals surface area (Å²) in [4.78, 5) is 0. The van der Waals surface area contributed by atoms with Gasteiger partial charge in [-0.25, -0.2) is 0 Å². The van der Waals surface area contributed by atoms with E-state index in [0.717, 1.165) is 0 Å². The van der Waals surface area contributed by atoms with Gasteiger partial charge in [-0.15, -0.1) is 0 Å². The Morgan fingerprint density at radius 3 is 2.41 bits per heavy atom. The van der Waals surface area contributed by atoms with Crippen molar-refractivity contribution in [3.8, 4) is 0 Å². The topological polar surface area (TPSA) is 68.2 Å². The standard InChI is InChI=1S/C12H22O5/c1-8(13)10(17-11(2,3)14)6-9-7-15-12(4,5)16-9/h6,8,10,13-14H,7H2,1-5H3/b9-6-/t8?,10-/m1/s1. The molecule has 0 aromatic carbocycles. The second kappa shape index (κ2) is 4.94. The van der Waals surface area contributed by atoms with Gasteiger partial charge < -0.3 is 24.4 Å². The fraction of sp³-hybridized carbons (Fsp3) is 0.833. The molecule has 1 aliphatic rings. The molecule has 2 N–H and O–H groups in total. The van der Waals surface area contributed by atoms with E-state index >= 15 is 0 Å². The lowest BCUT2D eigenvalue weighted by Crippen LogP contribution is -2.35. The molecule has 2 atom stereocenters. The quantitative estimate of drug-likeness (QED) is 0.728. The minimum atomic E-state index is -1.31. The monoisotopic (exact) mass is 246 g/mol. The zero-order chi connectivity index (χ0) is 13.3. The van der Waals surface area contributed by atoms with E-state index in [4.69, 9.17) is 14.2 Å². The Bertz CT molecular complexity index is 288. The molecule has 0 amide bonds. The highest BCUT2D eigenvalue weighted by molar-refractivity contribution is 5.04. The molecule has 1 rings (SSSR count). The van der Waals surface area contributed by atoms with Crippen LogP contribution < -0.4 is 0 Å². The van der Waals surface area contributed by atoms with Crippen molar-refractivity contribution < 1.29 is 24.4 Å². The number of rotatable bonds is 4. The molecule has 100 valence electrons. The fourth-order valence-corrected chi connectivity index (χ4v) is 1.49. The highest BCUT2D eigenvalue weighted by Gasteiger charge is 2.31.